The molecule has 2 N–H and O–H groups in total. The van der Waals surface area contributed by atoms with Crippen molar-refractivity contribution in [3.63, 3.8) is 0 Å². The number of carbonyl (C=O) groups is 2. The SMILES string of the molecule is CCCc1ccc([C@H](N[C@H](C)C(=O)N2CCNC2=O)c2cccs2)cc1. The van der Waals surface area contributed by atoms with E-state index in [1.807, 2.05) is 18.4 Å². The second-order valence-corrected chi connectivity index (χ2v) is 7.53. The molecule has 1 saturated heterocycles. The van der Waals surface area contributed by atoms with E-state index in [-0.39, 0.29) is 18.0 Å². The Labute approximate surface area is 158 Å². The molecule has 2 atom stereocenters. The molecule has 26 heavy (non-hydrogen) atoms. The third kappa shape index (κ3) is 4.14. The Morgan fingerprint density at radius 2 is 2.08 bits per heavy atom. The predicted octanol–water partition coefficient (Wildman–Crippen LogP) is 3.32. The number of hydrogen-bond acceptors (Lipinski definition) is 4. The highest BCUT2D eigenvalue weighted by Gasteiger charge is 2.31. The van der Waals surface area contributed by atoms with E-state index in [4.69, 9.17) is 0 Å². The average molecular weight is 372 g/mol. The van der Waals surface area contributed by atoms with Crippen molar-refractivity contribution in [2.45, 2.75) is 38.8 Å². The Hall–Kier alpha value is -2.18. The highest BCUT2D eigenvalue weighted by molar-refractivity contribution is 7.10. The topological polar surface area (TPSA) is 61.4 Å². The molecule has 2 aromatic rings. The van der Waals surface area contributed by atoms with Gasteiger partial charge in [-0.05, 0) is 35.9 Å². The summed E-state index contributed by atoms with van der Waals surface area (Å²) in [7, 11) is 0. The lowest BCUT2D eigenvalue weighted by Crippen LogP contribution is -2.47. The first kappa shape index (κ1) is 18.6. The molecule has 2 heterocycles. The number of imide groups is 1. The van der Waals surface area contributed by atoms with Crippen LogP contribution in [0.15, 0.2) is 41.8 Å². The van der Waals surface area contributed by atoms with Gasteiger partial charge >= 0.3 is 6.03 Å². The van der Waals surface area contributed by atoms with Gasteiger partial charge in [-0.3, -0.25) is 15.0 Å². The second kappa shape index (κ2) is 8.47. The molecule has 0 bridgehead atoms. The van der Waals surface area contributed by atoms with E-state index in [9.17, 15) is 9.59 Å². The number of hydrogen-bond donors (Lipinski definition) is 2. The zero-order chi connectivity index (χ0) is 18.5. The van der Waals surface area contributed by atoms with Crippen molar-refractivity contribution in [2.75, 3.05) is 13.1 Å². The molecule has 6 heteroatoms. The van der Waals surface area contributed by atoms with Crippen LogP contribution in [-0.2, 0) is 11.2 Å². The summed E-state index contributed by atoms with van der Waals surface area (Å²) in [4.78, 5) is 26.8. The maximum Gasteiger partial charge on any atom is 0.324 e. The molecule has 1 aliphatic rings. The van der Waals surface area contributed by atoms with Crippen LogP contribution in [-0.4, -0.2) is 36.0 Å². The first-order valence-corrected chi connectivity index (χ1v) is 9.95. The Bertz CT molecular complexity index is 743. The van der Waals surface area contributed by atoms with E-state index in [1.54, 1.807) is 11.3 Å². The largest absolute Gasteiger partial charge is 0.336 e. The average Bonchev–Trinajstić information content (AvgIpc) is 3.31. The molecular weight excluding hydrogens is 346 g/mol. The van der Waals surface area contributed by atoms with Crippen LogP contribution < -0.4 is 10.6 Å². The van der Waals surface area contributed by atoms with Crippen LogP contribution in [0.4, 0.5) is 4.79 Å². The molecule has 0 spiro atoms. The highest BCUT2D eigenvalue weighted by atomic mass is 32.1. The van der Waals surface area contributed by atoms with Crippen LogP contribution in [0.1, 0.15) is 42.3 Å². The van der Waals surface area contributed by atoms with Gasteiger partial charge in [-0.25, -0.2) is 4.79 Å². The minimum atomic E-state index is -0.457. The maximum atomic E-state index is 12.6. The quantitative estimate of drug-likeness (QED) is 0.785. The van der Waals surface area contributed by atoms with Crippen molar-refractivity contribution in [3.8, 4) is 0 Å². The lowest BCUT2D eigenvalue weighted by atomic mass is 10.0. The van der Waals surface area contributed by atoms with Crippen LogP contribution in [0.3, 0.4) is 0 Å². The molecule has 1 aromatic carbocycles. The third-order valence-electron chi connectivity index (χ3n) is 4.59. The highest BCUT2D eigenvalue weighted by Crippen LogP contribution is 2.27. The van der Waals surface area contributed by atoms with Gasteiger partial charge in [0.1, 0.15) is 0 Å². The summed E-state index contributed by atoms with van der Waals surface area (Å²) in [6, 6.07) is 11.8. The number of rotatable bonds is 7. The lowest BCUT2D eigenvalue weighted by molar-refractivity contribution is -0.129. The standard InChI is InChI=1S/C20H25N3O2S/c1-3-5-15-7-9-16(10-8-15)18(17-6-4-13-26-17)22-14(2)19(24)23-12-11-21-20(23)25/h4,6-10,13-14,18,22H,3,5,11-12H2,1-2H3,(H,21,25)/t14-,18+/m1/s1. The predicted molar refractivity (Wildman–Crippen MR) is 104 cm³/mol. The molecule has 0 saturated carbocycles. The Balaban J connectivity index is 1.78. The molecule has 0 aliphatic carbocycles. The molecule has 1 fully saturated rings. The fourth-order valence-corrected chi connectivity index (χ4v) is 4.01. The number of aryl methyl sites for hydroxylation is 1. The van der Waals surface area contributed by atoms with Gasteiger partial charge in [-0.15, -0.1) is 11.3 Å². The second-order valence-electron chi connectivity index (χ2n) is 6.55. The molecule has 3 amide bonds. The summed E-state index contributed by atoms with van der Waals surface area (Å²) >= 11 is 1.66. The van der Waals surface area contributed by atoms with Crippen LogP contribution >= 0.6 is 11.3 Å². The van der Waals surface area contributed by atoms with Crippen LogP contribution in [0.25, 0.3) is 0 Å². The van der Waals surface area contributed by atoms with Gasteiger partial charge in [0.15, 0.2) is 0 Å². The molecule has 0 radical (unpaired) electrons. The number of amides is 3. The number of benzene rings is 1. The fourth-order valence-electron chi connectivity index (χ4n) is 3.20. The van der Waals surface area contributed by atoms with Gasteiger partial charge in [0.25, 0.3) is 0 Å². The summed E-state index contributed by atoms with van der Waals surface area (Å²) in [5, 5.41) is 8.14. The first-order chi connectivity index (χ1) is 12.6. The molecule has 5 nitrogen and oxygen atoms in total. The summed E-state index contributed by atoms with van der Waals surface area (Å²) in [5.74, 6) is -0.191. The Morgan fingerprint density at radius 3 is 2.65 bits per heavy atom. The molecule has 0 unspecified atom stereocenters. The number of thiophene rings is 1. The van der Waals surface area contributed by atoms with Crippen molar-refractivity contribution in [3.05, 3.63) is 57.8 Å². The van der Waals surface area contributed by atoms with Gasteiger partial charge < -0.3 is 5.32 Å². The Kier molecular flexibility index (Phi) is 6.06. The van der Waals surface area contributed by atoms with Crippen LogP contribution in [0.5, 0.6) is 0 Å². The van der Waals surface area contributed by atoms with Crippen LogP contribution in [0.2, 0.25) is 0 Å². The molecule has 138 valence electrons. The minimum Gasteiger partial charge on any atom is -0.336 e. The molecular formula is C20H25N3O2S. The number of nitrogens with one attached hydrogen (secondary N) is 2. The molecule has 1 aliphatic heterocycles. The van der Waals surface area contributed by atoms with E-state index in [1.165, 1.54) is 10.5 Å². The van der Waals surface area contributed by atoms with Gasteiger partial charge in [0.2, 0.25) is 5.91 Å². The van der Waals surface area contributed by atoms with Gasteiger partial charge in [0, 0.05) is 18.0 Å². The Morgan fingerprint density at radius 1 is 1.31 bits per heavy atom. The zero-order valence-electron chi connectivity index (χ0n) is 15.2. The third-order valence-corrected chi connectivity index (χ3v) is 5.53. The van der Waals surface area contributed by atoms with Crippen LogP contribution in [0, 0.1) is 0 Å². The summed E-state index contributed by atoms with van der Waals surface area (Å²) in [6.45, 7) is 4.94. The van der Waals surface area contributed by atoms with E-state index in [0.29, 0.717) is 13.1 Å². The zero-order valence-corrected chi connectivity index (χ0v) is 16.0. The van der Waals surface area contributed by atoms with E-state index in [0.717, 1.165) is 23.3 Å². The summed E-state index contributed by atoms with van der Waals surface area (Å²) < 4.78 is 0. The van der Waals surface area contributed by atoms with Crippen molar-refractivity contribution >= 4 is 23.3 Å². The lowest BCUT2D eigenvalue weighted by Gasteiger charge is -2.25. The van der Waals surface area contributed by atoms with Crippen molar-refractivity contribution in [1.82, 2.24) is 15.5 Å². The number of carbonyl (C=O) groups excluding carboxylic acids is 2. The van der Waals surface area contributed by atoms with Crippen molar-refractivity contribution in [2.24, 2.45) is 0 Å². The monoisotopic (exact) mass is 371 g/mol. The summed E-state index contributed by atoms with van der Waals surface area (Å²) in [5.41, 5.74) is 2.44. The molecule has 3 rings (SSSR count). The number of nitrogens with zero attached hydrogens (tertiary/aromatic N) is 1. The van der Waals surface area contributed by atoms with Gasteiger partial charge in [0.05, 0.1) is 12.1 Å². The summed E-state index contributed by atoms with van der Waals surface area (Å²) in [6.07, 6.45) is 2.19. The molecule has 1 aromatic heterocycles. The van der Waals surface area contributed by atoms with E-state index < -0.39 is 6.04 Å². The van der Waals surface area contributed by atoms with E-state index in [2.05, 4.69) is 47.9 Å². The van der Waals surface area contributed by atoms with E-state index >= 15 is 0 Å². The maximum absolute atomic E-state index is 12.6. The van der Waals surface area contributed by atoms with Gasteiger partial charge in [-0.1, -0.05) is 43.7 Å². The fraction of sp³-hybridized carbons (Fsp3) is 0.400. The van der Waals surface area contributed by atoms with Crippen molar-refractivity contribution in [1.29, 1.82) is 0 Å². The normalized spacial score (nSPS) is 16.4. The van der Waals surface area contributed by atoms with Crippen molar-refractivity contribution < 1.29 is 9.59 Å². The number of urea groups is 1. The minimum absolute atomic E-state index is 0.0738. The first-order valence-electron chi connectivity index (χ1n) is 9.07. The smallest absolute Gasteiger partial charge is 0.324 e. The van der Waals surface area contributed by atoms with Gasteiger partial charge in [-0.2, -0.15) is 0 Å².